The molecule has 0 nitrogen and oxygen atoms in total. The molecule has 0 heterocycles. The van der Waals surface area contributed by atoms with Gasteiger partial charge in [-0.15, -0.1) is 0 Å². The van der Waals surface area contributed by atoms with E-state index in [9.17, 15) is 0 Å². The Labute approximate surface area is 117 Å². The third-order valence-electron chi connectivity index (χ3n) is 3.72. The lowest BCUT2D eigenvalue weighted by atomic mass is 9.97. The molecule has 0 saturated heterocycles. The monoisotopic (exact) mass is 262 g/mol. The second kappa shape index (κ2) is 3.97. The summed E-state index contributed by atoms with van der Waals surface area (Å²) in [5.41, 5.74) is 7.41. The van der Waals surface area contributed by atoms with Gasteiger partial charge >= 0.3 is 0 Å². The molecule has 4 rings (SSSR count). The summed E-state index contributed by atoms with van der Waals surface area (Å²) in [6.45, 7) is 0. The quantitative estimate of drug-likeness (QED) is 0.611. The van der Waals surface area contributed by atoms with Crippen LogP contribution in [0, 0.1) is 0 Å². The first kappa shape index (κ1) is 10.8. The van der Waals surface area contributed by atoms with Gasteiger partial charge in [-0.3, -0.25) is 0 Å². The van der Waals surface area contributed by atoms with E-state index >= 15 is 0 Å². The fourth-order valence-electron chi connectivity index (χ4n) is 2.82. The lowest BCUT2D eigenvalue weighted by Crippen LogP contribution is -1.86. The molecule has 0 bridgehead atoms. The summed E-state index contributed by atoms with van der Waals surface area (Å²) in [5.74, 6) is 0. The van der Waals surface area contributed by atoms with E-state index in [4.69, 9.17) is 11.6 Å². The maximum atomic E-state index is 6.35. The highest BCUT2D eigenvalue weighted by molar-refractivity contribution is 6.51. The van der Waals surface area contributed by atoms with E-state index in [-0.39, 0.29) is 0 Å². The minimum atomic E-state index is 0.830. The predicted molar refractivity (Wildman–Crippen MR) is 82.6 cm³/mol. The first-order valence-corrected chi connectivity index (χ1v) is 6.71. The van der Waals surface area contributed by atoms with Crippen molar-refractivity contribution in [2.24, 2.45) is 0 Å². The Bertz CT molecular complexity index is 776. The van der Waals surface area contributed by atoms with E-state index in [0.29, 0.717) is 0 Å². The Morgan fingerprint density at radius 2 is 1.32 bits per heavy atom. The standard InChI is InChI=1S/C18H11Cl/c19-18-11-17(14-7-3-4-8-16(14)18)15-10-9-12-5-1-2-6-13(12)15/h1-11H/b17-15+. The number of allylic oxidation sites excluding steroid dienone is 4. The smallest absolute Gasteiger partial charge is 0.0491 e. The molecule has 19 heavy (non-hydrogen) atoms. The van der Waals surface area contributed by atoms with E-state index < -0.39 is 0 Å². The number of hydrogen-bond donors (Lipinski definition) is 0. The third kappa shape index (κ3) is 1.54. The molecule has 0 saturated carbocycles. The molecule has 2 aliphatic carbocycles. The van der Waals surface area contributed by atoms with Crippen LogP contribution in [0.2, 0.25) is 0 Å². The number of hydrogen-bond acceptors (Lipinski definition) is 0. The van der Waals surface area contributed by atoms with Gasteiger partial charge in [0.1, 0.15) is 0 Å². The minimum absolute atomic E-state index is 0.830. The van der Waals surface area contributed by atoms with E-state index in [1.54, 1.807) is 0 Å². The van der Waals surface area contributed by atoms with Crippen molar-refractivity contribution in [1.82, 2.24) is 0 Å². The largest absolute Gasteiger partial charge is 0.0836 e. The van der Waals surface area contributed by atoms with E-state index in [1.807, 2.05) is 6.07 Å². The predicted octanol–water partition coefficient (Wildman–Crippen LogP) is 5.22. The van der Waals surface area contributed by atoms with Crippen LogP contribution >= 0.6 is 11.6 Å². The fraction of sp³-hybridized carbons (Fsp3) is 0. The normalized spacial score (nSPS) is 19.3. The Hall–Kier alpha value is -2.05. The Balaban J connectivity index is 2.01. The number of halogens is 1. The summed E-state index contributed by atoms with van der Waals surface area (Å²) >= 11 is 6.35. The molecule has 0 radical (unpaired) electrons. The molecular weight excluding hydrogens is 252 g/mol. The van der Waals surface area contributed by atoms with Gasteiger partial charge in [-0.2, -0.15) is 0 Å². The SMILES string of the molecule is ClC1=C/C(=C2/C=Cc3ccccc32)c2ccccc21. The van der Waals surface area contributed by atoms with Crippen molar-refractivity contribution in [3.05, 3.63) is 82.9 Å². The van der Waals surface area contributed by atoms with Gasteiger partial charge in [-0.05, 0) is 33.9 Å². The molecule has 0 aromatic heterocycles. The van der Waals surface area contributed by atoms with Gasteiger partial charge < -0.3 is 0 Å². The molecule has 0 atom stereocenters. The Morgan fingerprint density at radius 1 is 0.632 bits per heavy atom. The average molecular weight is 263 g/mol. The molecule has 0 N–H and O–H groups in total. The molecule has 0 fully saturated rings. The lowest BCUT2D eigenvalue weighted by Gasteiger charge is -2.06. The molecule has 0 spiro atoms. The van der Waals surface area contributed by atoms with Crippen LogP contribution in [0.15, 0.2) is 60.7 Å². The van der Waals surface area contributed by atoms with Gasteiger partial charge in [0.15, 0.2) is 0 Å². The van der Waals surface area contributed by atoms with E-state index in [0.717, 1.165) is 10.6 Å². The molecule has 0 aliphatic heterocycles. The van der Waals surface area contributed by atoms with Crippen LogP contribution in [0.5, 0.6) is 0 Å². The number of fused-ring (bicyclic) bond motifs is 2. The van der Waals surface area contributed by atoms with Gasteiger partial charge in [-0.1, -0.05) is 72.3 Å². The highest BCUT2D eigenvalue weighted by Gasteiger charge is 2.21. The summed E-state index contributed by atoms with van der Waals surface area (Å²) in [6.07, 6.45) is 6.43. The molecule has 90 valence electrons. The summed E-state index contributed by atoms with van der Waals surface area (Å²) in [5, 5.41) is 0.830. The maximum Gasteiger partial charge on any atom is 0.0491 e. The zero-order valence-corrected chi connectivity index (χ0v) is 11.0. The molecule has 0 unspecified atom stereocenters. The van der Waals surface area contributed by atoms with Crippen LogP contribution in [0.4, 0.5) is 0 Å². The zero-order chi connectivity index (χ0) is 12.8. The maximum absolute atomic E-state index is 6.35. The van der Waals surface area contributed by atoms with Crippen LogP contribution in [-0.2, 0) is 0 Å². The molecule has 2 aromatic rings. The molecule has 1 heteroatoms. The first-order valence-electron chi connectivity index (χ1n) is 6.33. The Morgan fingerprint density at radius 3 is 2.16 bits per heavy atom. The van der Waals surface area contributed by atoms with Gasteiger partial charge in [0.25, 0.3) is 0 Å². The highest BCUT2D eigenvalue weighted by atomic mass is 35.5. The van der Waals surface area contributed by atoms with Gasteiger partial charge in [0.05, 0.1) is 0 Å². The van der Waals surface area contributed by atoms with Crippen LogP contribution in [0.1, 0.15) is 22.3 Å². The first-order chi connectivity index (χ1) is 9.34. The second-order valence-electron chi connectivity index (χ2n) is 4.79. The summed E-state index contributed by atoms with van der Waals surface area (Å²) in [4.78, 5) is 0. The van der Waals surface area contributed by atoms with Crippen LogP contribution in [-0.4, -0.2) is 0 Å². The molecule has 2 aromatic carbocycles. The Kier molecular flexibility index (Phi) is 2.27. The van der Waals surface area contributed by atoms with Crippen molar-refractivity contribution < 1.29 is 0 Å². The number of benzene rings is 2. The number of rotatable bonds is 0. The molecular formula is C18H11Cl. The van der Waals surface area contributed by atoms with E-state index in [2.05, 4.69) is 60.7 Å². The van der Waals surface area contributed by atoms with Crippen molar-refractivity contribution in [3.63, 3.8) is 0 Å². The lowest BCUT2D eigenvalue weighted by molar-refractivity contribution is 1.59. The fourth-order valence-corrected chi connectivity index (χ4v) is 3.09. The summed E-state index contributed by atoms with van der Waals surface area (Å²) in [6, 6.07) is 16.8. The molecule has 0 amide bonds. The van der Waals surface area contributed by atoms with Crippen molar-refractivity contribution in [3.8, 4) is 0 Å². The van der Waals surface area contributed by atoms with Crippen molar-refractivity contribution in [2.45, 2.75) is 0 Å². The topological polar surface area (TPSA) is 0 Å². The van der Waals surface area contributed by atoms with Crippen LogP contribution in [0.25, 0.3) is 22.3 Å². The van der Waals surface area contributed by atoms with Gasteiger partial charge in [-0.25, -0.2) is 0 Å². The minimum Gasteiger partial charge on any atom is -0.0836 e. The van der Waals surface area contributed by atoms with Gasteiger partial charge in [0, 0.05) is 10.6 Å². The summed E-state index contributed by atoms with van der Waals surface area (Å²) in [7, 11) is 0. The van der Waals surface area contributed by atoms with Crippen LogP contribution < -0.4 is 0 Å². The van der Waals surface area contributed by atoms with Crippen molar-refractivity contribution in [2.75, 3.05) is 0 Å². The van der Waals surface area contributed by atoms with Crippen LogP contribution in [0.3, 0.4) is 0 Å². The third-order valence-corrected chi connectivity index (χ3v) is 4.03. The second-order valence-corrected chi connectivity index (χ2v) is 5.19. The highest BCUT2D eigenvalue weighted by Crippen LogP contribution is 2.43. The average Bonchev–Trinajstić information content (AvgIpc) is 3.01. The van der Waals surface area contributed by atoms with Gasteiger partial charge in [0.2, 0.25) is 0 Å². The van der Waals surface area contributed by atoms with Crippen molar-refractivity contribution in [1.29, 1.82) is 0 Å². The van der Waals surface area contributed by atoms with Crippen molar-refractivity contribution >= 4 is 33.9 Å². The zero-order valence-electron chi connectivity index (χ0n) is 10.2. The van der Waals surface area contributed by atoms with E-state index in [1.165, 1.54) is 27.8 Å². The molecule has 2 aliphatic rings. The summed E-state index contributed by atoms with van der Waals surface area (Å²) < 4.78 is 0.